The van der Waals surface area contributed by atoms with Gasteiger partial charge in [0.2, 0.25) is 0 Å². The van der Waals surface area contributed by atoms with Crippen molar-refractivity contribution >= 4 is 39.7 Å². The normalized spacial score (nSPS) is 10.6. The van der Waals surface area contributed by atoms with Crippen molar-refractivity contribution in [3.8, 4) is 0 Å². The fraction of sp³-hybridized carbons (Fsp3) is 0.238. The van der Waals surface area contributed by atoms with E-state index in [1.54, 1.807) is 24.3 Å². The third-order valence-corrected chi connectivity index (χ3v) is 4.65. The number of aryl methyl sites for hydroxylation is 3. The summed E-state index contributed by atoms with van der Waals surface area (Å²) in [4.78, 5) is 25.3. The van der Waals surface area contributed by atoms with Crippen LogP contribution in [0.5, 0.6) is 0 Å². The molecule has 0 fully saturated rings. The first-order valence-electron chi connectivity index (χ1n) is 9.35. The molecular formula is C21H23N5O2S. The molecule has 3 N–H and O–H groups in total. The number of nitrogens with zero attached hydrogens (tertiary/aromatic N) is 2. The van der Waals surface area contributed by atoms with Gasteiger partial charge in [0, 0.05) is 17.6 Å². The lowest BCUT2D eigenvalue weighted by atomic mass is 10.1. The molecule has 7 nitrogen and oxygen atoms in total. The van der Waals surface area contributed by atoms with Crippen molar-refractivity contribution < 1.29 is 4.79 Å². The van der Waals surface area contributed by atoms with Crippen LogP contribution in [0.1, 0.15) is 35.0 Å². The van der Waals surface area contributed by atoms with Gasteiger partial charge in [-0.15, -0.1) is 0 Å². The molecule has 29 heavy (non-hydrogen) atoms. The number of carbonyl (C=O) groups excluding carboxylic acids is 1. The number of nitrogens with one attached hydrogen (secondary N) is 3. The molecule has 3 rings (SSSR count). The molecular weight excluding hydrogens is 386 g/mol. The molecule has 1 aromatic heterocycles. The number of hydrazine groups is 1. The minimum atomic E-state index is -0.476. The average Bonchev–Trinajstić information content (AvgIpc) is 2.71. The number of aromatic nitrogens is 2. The third kappa shape index (κ3) is 4.60. The molecule has 0 aliphatic heterocycles. The van der Waals surface area contributed by atoms with Crippen molar-refractivity contribution in [2.45, 2.75) is 33.7 Å². The highest BCUT2D eigenvalue weighted by Crippen LogP contribution is 2.16. The van der Waals surface area contributed by atoms with Gasteiger partial charge in [0.1, 0.15) is 0 Å². The Morgan fingerprint density at radius 3 is 2.55 bits per heavy atom. The fourth-order valence-corrected chi connectivity index (χ4v) is 3.12. The Balaban J connectivity index is 1.79. The van der Waals surface area contributed by atoms with Crippen LogP contribution in [0.15, 0.2) is 47.3 Å². The number of anilines is 1. The number of hydrogen-bond acceptors (Lipinski definition) is 4. The predicted octanol–water partition coefficient (Wildman–Crippen LogP) is 3.05. The summed E-state index contributed by atoms with van der Waals surface area (Å²) in [5.74, 6) is -0.476. The number of amides is 1. The van der Waals surface area contributed by atoms with Crippen molar-refractivity contribution in [2.24, 2.45) is 0 Å². The van der Waals surface area contributed by atoms with E-state index in [-0.39, 0.29) is 16.4 Å². The van der Waals surface area contributed by atoms with Crippen LogP contribution in [0.2, 0.25) is 0 Å². The molecule has 0 radical (unpaired) electrons. The molecule has 0 aliphatic rings. The van der Waals surface area contributed by atoms with E-state index in [4.69, 9.17) is 12.2 Å². The highest BCUT2D eigenvalue weighted by atomic mass is 32.1. The molecule has 0 aliphatic carbocycles. The van der Waals surface area contributed by atoms with Gasteiger partial charge in [-0.3, -0.25) is 20.4 Å². The Labute approximate surface area is 174 Å². The first kappa shape index (κ1) is 20.5. The number of rotatable bonds is 4. The van der Waals surface area contributed by atoms with Crippen LogP contribution in [-0.4, -0.2) is 20.8 Å². The largest absolute Gasteiger partial charge is 0.331 e. The molecule has 8 heteroatoms. The van der Waals surface area contributed by atoms with E-state index in [1.165, 1.54) is 4.68 Å². The second kappa shape index (κ2) is 8.83. The molecule has 0 spiro atoms. The van der Waals surface area contributed by atoms with Gasteiger partial charge in [-0.25, -0.2) is 4.68 Å². The topological polar surface area (TPSA) is 88.1 Å². The highest BCUT2D eigenvalue weighted by molar-refractivity contribution is 7.80. The molecule has 1 amide bonds. The highest BCUT2D eigenvalue weighted by Gasteiger charge is 2.16. The summed E-state index contributed by atoms with van der Waals surface area (Å²) >= 11 is 5.28. The second-order valence-corrected chi connectivity index (χ2v) is 7.18. The van der Waals surface area contributed by atoms with Crippen LogP contribution in [0.4, 0.5) is 5.69 Å². The van der Waals surface area contributed by atoms with Gasteiger partial charge in [0.25, 0.3) is 11.5 Å². The summed E-state index contributed by atoms with van der Waals surface area (Å²) in [6.07, 6.45) is 0.731. The summed E-state index contributed by atoms with van der Waals surface area (Å²) in [7, 11) is 0. The van der Waals surface area contributed by atoms with Crippen molar-refractivity contribution in [1.82, 2.24) is 20.6 Å². The number of hydrogen-bond donors (Lipinski definition) is 3. The van der Waals surface area contributed by atoms with Crippen LogP contribution < -0.4 is 21.7 Å². The van der Waals surface area contributed by atoms with Gasteiger partial charge >= 0.3 is 0 Å². The van der Waals surface area contributed by atoms with Crippen LogP contribution in [0, 0.1) is 13.8 Å². The second-order valence-electron chi connectivity index (χ2n) is 6.77. The minimum Gasteiger partial charge on any atom is -0.331 e. The Kier molecular flexibility index (Phi) is 6.23. The Hall–Kier alpha value is -3.26. The molecule has 0 atom stereocenters. The lowest BCUT2D eigenvalue weighted by Crippen LogP contribution is -2.44. The van der Waals surface area contributed by atoms with Gasteiger partial charge in [0.15, 0.2) is 10.8 Å². The van der Waals surface area contributed by atoms with Crippen LogP contribution in [0.25, 0.3) is 10.8 Å². The molecule has 2 aromatic carbocycles. The maximum Gasteiger partial charge on any atom is 0.290 e. The smallest absolute Gasteiger partial charge is 0.290 e. The van der Waals surface area contributed by atoms with Crippen molar-refractivity contribution in [2.75, 3.05) is 5.32 Å². The summed E-state index contributed by atoms with van der Waals surface area (Å²) in [5, 5.41) is 8.53. The standard InChI is InChI=1S/C21H23N5O2S/c1-4-11-26-20(28)16-8-6-5-7-15(16)18(25-26)19(27)23-24-21(29)22-17-12-13(2)9-10-14(17)3/h5-10,12H,4,11H2,1-3H3,(H,23,27)(H2,22,24,29). The van der Waals surface area contributed by atoms with Gasteiger partial charge in [-0.05, 0) is 55.7 Å². The van der Waals surface area contributed by atoms with Crippen molar-refractivity contribution in [1.29, 1.82) is 0 Å². The van der Waals surface area contributed by atoms with E-state index in [2.05, 4.69) is 21.3 Å². The van der Waals surface area contributed by atoms with E-state index < -0.39 is 5.91 Å². The van der Waals surface area contributed by atoms with E-state index in [0.29, 0.717) is 17.3 Å². The zero-order valence-corrected chi connectivity index (χ0v) is 17.4. The van der Waals surface area contributed by atoms with Crippen LogP contribution in [0.3, 0.4) is 0 Å². The summed E-state index contributed by atoms with van der Waals surface area (Å²) in [6, 6.07) is 12.9. The molecule has 0 saturated heterocycles. The number of benzene rings is 2. The number of fused-ring (bicyclic) bond motifs is 1. The Bertz CT molecular complexity index is 1140. The zero-order chi connectivity index (χ0) is 21.0. The SMILES string of the molecule is CCCn1nc(C(=O)NNC(=S)Nc2cc(C)ccc2C)c2ccccc2c1=O. The first-order chi connectivity index (χ1) is 13.9. The average molecular weight is 410 g/mol. The molecule has 0 saturated carbocycles. The zero-order valence-electron chi connectivity index (χ0n) is 16.6. The van der Waals surface area contributed by atoms with Crippen molar-refractivity contribution in [3.63, 3.8) is 0 Å². The van der Waals surface area contributed by atoms with Crippen molar-refractivity contribution in [3.05, 3.63) is 69.6 Å². The number of carbonyl (C=O) groups is 1. The fourth-order valence-electron chi connectivity index (χ4n) is 2.96. The molecule has 3 aromatic rings. The summed E-state index contributed by atoms with van der Waals surface area (Å²) in [5.41, 5.74) is 8.20. The molecule has 1 heterocycles. The van der Waals surface area contributed by atoms with E-state index in [0.717, 1.165) is 23.2 Å². The molecule has 150 valence electrons. The van der Waals surface area contributed by atoms with Gasteiger partial charge in [0.05, 0.1) is 5.39 Å². The monoisotopic (exact) mass is 409 g/mol. The summed E-state index contributed by atoms with van der Waals surface area (Å²) in [6.45, 7) is 6.34. The number of thiocarbonyl (C=S) groups is 1. The Morgan fingerprint density at radius 1 is 1.10 bits per heavy atom. The predicted molar refractivity (Wildman–Crippen MR) is 119 cm³/mol. The quantitative estimate of drug-likeness (QED) is 0.453. The van der Waals surface area contributed by atoms with Gasteiger partial charge in [-0.2, -0.15) is 5.10 Å². The van der Waals surface area contributed by atoms with Crippen LogP contribution in [-0.2, 0) is 6.54 Å². The molecule has 0 bridgehead atoms. The van der Waals surface area contributed by atoms with E-state index in [1.807, 2.05) is 39.0 Å². The van der Waals surface area contributed by atoms with E-state index in [9.17, 15) is 9.59 Å². The Morgan fingerprint density at radius 2 is 1.83 bits per heavy atom. The minimum absolute atomic E-state index is 0.163. The first-order valence-corrected chi connectivity index (χ1v) is 9.76. The maximum atomic E-state index is 12.8. The summed E-state index contributed by atoms with van der Waals surface area (Å²) < 4.78 is 1.32. The van der Waals surface area contributed by atoms with Gasteiger partial charge in [-0.1, -0.05) is 37.3 Å². The van der Waals surface area contributed by atoms with E-state index >= 15 is 0 Å². The van der Waals surface area contributed by atoms with Gasteiger partial charge < -0.3 is 5.32 Å². The lowest BCUT2D eigenvalue weighted by molar-refractivity contribution is 0.0938. The molecule has 0 unspecified atom stereocenters. The third-order valence-electron chi connectivity index (χ3n) is 4.45. The van der Waals surface area contributed by atoms with Crippen LogP contribution >= 0.6 is 12.2 Å². The lowest BCUT2D eigenvalue weighted by Gasteiger charge is -2.14. The maximum absolute atomic E-state index is 12.8.